The van der Waals surface area contributed by atoms with Crippen molar-refractivity contribution < 1.29 is 4.39 Å². The molecule has 0 saturated heterocycles. The van der Waals surface area contributed by atoms with E-state index >= 15 is 0 Å². The monoisotopic (exact) mass is 246 g/mol. The number of halogens is 2. The van der Waals surface area contributed by atoms with Crippen molar-refractivity contribution in [2.24, 2.45) is 0 Å². The molecule has 0 spiro atoms. The van der Waals surface area contributed by atoms with E-state index in [9.17, 15) is 4.39 Å². The lowest BCUT2D eigenvalue weighted by Gasteiger charge is -2.07. The molecular formula is C13H8ClFN2. The van der Waals surface area contributed by atoms with Gasteiger partial charge in [-0.05, 0) is 18.2 Å². The third-order valence-corrected chi connectivity index (χ3v) is 2.56. The molecule has 2 nitrogen and oxygen atoms in total. The van der Waals surface area contributed by atoms with Crippen LogP contribution in [0.2, 0.25) is 5.15 Å². The lowest BCUT2D eigenvalue weighted by Crippen LogP contribution is -1.95. The van der Waals surface area contributed by atoms with Crippen molar-refractivity contribution >= 4 is 11.6 Å². The van der Waals surface area contributed by atoms with Crippen LogP contribution in [0.5, 0.6) is 0 Å². The molecule has 2 rings (SSSR count). The van der Waals surface area contributed by atoms with Crippen LogP contribution >= 0.6 is 11.6 Å². The average Bonchev–Trinajstić information content (AvgIpc) is 2.31. The highest BCUT2D eigenvalue weighted by molar-refractivity contribution is 6.29. The molecule has 0 atom stereocenters. The summed E-state index contributed by atoms with van der Waals surface area (Å²) in [6, 6.07) is 11.7. The topological polar surface area (TPSA) is 36.7 Å². The first-order valence-electron chi connectivity index (χ1n) is 4.99. The lowest BCUT2D eigenvalue weighted by atomic mass is 10.0. The second-order valence-electron chi connectivity index (χ2n) is 3.44. The fraction of sp³-hybridized carbons (Fsp3) is 0.0769. The second kappa shape index (κ2) is 4.94. The Hall–Kier alpha value is -1.92. The molecule has 0 N–H and O–H groups in total. The molecule has 84 valence electrons. The van der Waals surface area contributed by atoms with E-state index in [0.29, 0.717) is 22.0 Å². The molecule has 4 heteroatoms. The number of rotatable bonds is 2. The summed E-state index contributed by atoms with van der Waals surface area (Å²) < 4.78 is 13.7. The van der Waals surface area contributed by atoms with Crippen molar-refractivity contribution in [2.75, 3.05) is 0 Å². The van der Waals surface area contributed by atoms with E-state index < -0.39 is 0 Å². The van der Waals surface area contributed by atoms with Crippen molar-refractivity contribution in [3.63, 3.8) is 0 Å². The minimum Gasteiger partial charge on any atom is -0.239 e. The summed E-state index contributed by atoms with van der Waals surface area (Å²) in [5.41, 5.74) is 1.53. The molecule has 0 fully saturated rings. The molecule has 1 aromatic carbocycles. The third-order valence-electron chi connectivity index (χ3n) is 2.35. The molecule has 0 aliphatic carbocycles. The first kappa shape index (κ1) is 11.6. The number of nitrogens with zero attached hydrogens (tertiary/aromatic N) is 2. The summed E-state index contributed by atoms with van der Waals surface area (Å²) >= 11 is 5.77. The molecule has 1 aromatic heterocycles. The van der Waals surface area contributed by atoms with Crippen molar-refractivity contribution in [3.8, 4) is 17.2 Å². The van der Waals surface area contributed by atoms with Gasteiger partial charge in [-0.1, -0.05) is 29.8 Å². The van der Waals surface area contributed by atoms with Crippen LogP contribution in [0.15, 0.2) is 36.4 Å². The van der Waals surface area contributed by atoms with E-state index in [0.717, 1.165) is 0 Å². The summed E-state index contributed by atoms with van der Waals surface area (Å²) in [4.78, 5) is 4.06. The molecule has 1 heterocycles. The van der Waals surface area contributed by atoms with Gasteiger partial charge in [-0.2, -0.15) is 5.26 Å². The van der Waals surface area contributed by atoms with Crippen LogP contribution in [0.1, 0.15) is 5.69 Å². The van der Waals surface area contributed by atoms with Crippen LogP contribution < -0.4 is 0 Å². The van der Waals surface area contributed by atoms with Gasteiger partial charge in [-0.25, -0.2) is 9.37 Å². The zero-order chi connectivity index (χ0) is 12.3. The molecule has 0 radical (unpaired) electrons. The highest BCUT2D eigenvalue weighted by atomic mass is 35.5. The number of benzene rings is 1. The molecule has 0 saturated carbocycles. The Morgan fingerprint density at radius 1 is 1.18 bits per heavy atom. The maximum Gasteiger partial charge on any atom is 0.131 e. The van der Waals surface area contributed by atoms with Gasteiger partial charge in [0.1, 0.15) is 11.0 Å². The summed E-state index contributed by atoms with van der Waals surface area (Å²) in [7, 11) is 0. The largest absolute Gasteiger partial charge is 0.239 e. The van der Waals surface area contributed by atoms with Crippen LogP contribution in [-0.4, -0.2) is 4.98 Å². The Morgan fingerprint density at radius 3 is 2.65 bits per heavy atom. The zero-order valence-corrected chi connectivity index (χ0v) is 9.58. The van der Waals surface area contributed by atoms with E-state index in [1.807, 2.05) is 6.07 Å². The summed E-state index contributed by atoms with van der Waals surface area (Å²) in [6.45, 7) is 0. The molecular weight excluding hydrogens is 239 g/mol. The summed E-state index contributed by atoms with van der Waals surface area (Å²) in [5.74, 6) is -0.337. The predicted octanol–water partition coefficient (Wildman–Crippen LogP) is 3.61. The van der Waals surface area contributed by atoms with Crippen LogP contribution in [0, 0.1) is 17.1 Å². The molecule has 0 aliphatic rings. The van der Waals surface area contributed by atoms with Crippen molar-refractivity contribution in [1.29, 1.82) is 5.26 Å². The van der Waals surface area contributed by atoms with Crippen LogP contribution in [0.25, 0.3) is 11.1 Å². The first-order valence-corrected chi connectivity index (χ1v) is 5.37. The van der Waals surface area contributed by atoms with E-state index in [1.54, 1.807) is 30.3 Å². The highest BCUT2D eigenvalue weighted by Crippen LogP contribution is 2.26. The number of aromatic nitrogens is 1. The van der Waals surface area contributed by atoms with Crippen molar-refractivity contribution in [2.45, 2.75) is 6.42 Å². The molecule has 0 aliphatic heterocycles. The Bertz CT molecular complexity index is 590. The third kappa shape index (κ3) is 2.43. The molecule has 0 amide bonds. The van der Waals surface area contributed by atoms with E-state index in [-0.39, 0.29) is 12.2 Å². The molecule has 0 unspecified atom stereocenters. The zero-order valence-electron chi connectivity index (χ0n) is 8.82. The van der Waals surface area contributed by atoms with Gasteiger partial charge in [-0.15, -0.1) is 0 Å². The quantitative estimate of drug-likeness (QED) is 0.759. The van der Waals surface area contributed by atoms with Gasteiger partial charge < -0.3 is 0 Å². The Morgan fingerprint density at radius 2 is 1.94 bits per heavy atom. The van der Waals surface area contributed by atoms with Gasteiger partial charge in [-0.3, -0.25) is 0 Å². The normalized spacial score (nSPS) is 9.94. The van der Waals surface area contributed by atoms with Crippen LogP contribution in [0.4, 0.5) is 4.39 Å². The number of pyridine rings is 1. The Kier molecular flexibility index (Phi) is 3.36. The predicted molar refractivity (Wildman–Crippen MR) is 64.0 cm³/mol. The maximum absolute atomic E-state index is 13.7. The number of hydrogen-bond acceptors (Lipinski definition) is 2. The fourth-order valence-corrected chi connectivity index (χ4v) is 1.77. The van der Waals surface area contributed by atoms with Crippen molar-refractivity contribution in [3.05, 3.63) is 53.1 Å². The van der Waals surface area contributed by atoms with E-state index in [1.165, 1.54) is 6.07 Å². The molecule has 0 bridgehead atoms. The van der Waals surface area contributed by atoms with E-state index in [2.05, 4.69) is 4.98 Å². The lowest BCUT2D eigenvalue weighted by molar-refractivity contribution is 0.631. The van der Waals surface area contributed by atoms with E-state index in [4.69, 9.17) is 16.9 Å². The van der Waals surface area contributed by atoms with Crippen LogP contribution in [-0.2, 0) is 6.42 Å². The van der Waals surface area contributed by atoms with Gasteiger partial charge in [0.05, 0.1) is 18.2 Å². The van der Waals surface area contributed by atoms with Gasteiger partial charge in [0.15, 0.2) is 0 Å². The smallest absolute Gasteiger partial charge is 0.131 e. The minimum atomic E-state index is -0.337. The summed E-state index contributed by atoms with van der Waals surface area (Å²) in [5, 5.41) is 9.03. The maximum atomic E-state index is 13.7. The fourth-order valence-electron chi connectivity index (χ4n) is 1.61. The average molecular weight is 247 g/mol. The number of nitriles is 1. The Labute approximate surface area is 103 Å². The van der Waals surface area contributed by atoms with Crippen molar-refractivity contribution in [1.82, 2.24) is 4.98 Å². The van der Waals surface area contributed by atoms with Gasteiger partial charge >= 0.3 is 0 Å². The van der Waals surface area contributed by atoms with Gasteiger partial charge in [0.2, 0.25) is 0 Å². The second-order valence-corrected chi connectivity index (χ2v) is 3.83. The Balaban J connectivity index is 2.60. The standard InChI is InChI=1S/C13H8ClFN2/c14-13-6-5-10(12(17-13)7-8-16)9-3-1-2-4-11(9)15/h1-6H,7H2. The summed E-state index contributed by atoms with van der Waals surface area (Å²) in [6.07, 6.45) is 0.101. The molecule has 17 heavy (non-hydrogen) atoms. The highest BCUT2D eigenvalue weighted by Gasteiger charge is 2.10. The van der Waals surface area contributed by atoms with Gasteiger partial charge in [0.25, 0.3) is 0 Å². The minimum absolute atomic E-state index is 0.101. The number of hydrogen-bond donors (Lipinski definition) is 0. The first-order chi connectivity index (χ1) is 8.22. The molecule has 2 aromatic rings. The SMILES string of the molecule is N#CCc1nc(Cl)ccc1-c1ccccc1F. The van der Waals surface area contributed by atoms with Crippen LogP contribution in [0.3, 0.4) is 0 Å². The van der Waals surface area contributed by atoms with Gasteiger partial charge in [0, 0.05) is 11.1 Å².